The predicted octanol–water partition coefficient (Wildman–Crippen LogP) is 2.96. The van der Waals surface area contributed by atoms with E-state index in [9.17, 15) is 0 Å². The van der Waals surface area contributed by atoms with Gasteiger partial charge in [-0.3, -0.25) is 0 Å². The quantitative estimate of drug-likeness (QED) is 0.922. The van der Waals surface area contributed by atoms with Gasteiger partial charge in [0.25, 0.3) is 0 Å². The summed E-state index contributed by atoms with van der Waals surface area (Å²) >= 11 is 0. The highest BCUT2D eigenvalue weighted by Crippen LogP contribution is 2.40. The highest BCUT2D eigenvalue weighted by atomic mass is 16.5. The molecule has 1 saturated carbocycles. The number of nitrogens with two attached hydrogens (primary N) is 1. The van der Waals surface area contributed by atoms with Crippen LogP contribution in [0.2, 0.25) is 0 Å². The van der Waals surface area contributed by atoms with Crippen molar-refractivity contribution < 1.29 is 4.74 Å². The highest BCUT2D eigenvalue weighted by Gasteiger charge is 2.39. The lowest BCUT2D eigenvalue weighted by atomic mass is 9.77. The van der Waals surface area contributed by atoms with Gasteiger partial charge in [0.05, 0.1) is 23.7 Å². The summed E-state index contributed by atoms with van der Waals surface area (Å²) in [4.78, 5) is 4.79. The summed E-state index contributed by atoms with van der Waals surface area (Å²) in [6.45, 7) is 4.35. The summed E-state index contributed by atoms with van der Waals surface area (Å²) in [5.74, 6) is 1.86. The molecule has 0 amide bonds. The van der Waals surface area contributed by atoms with Crippen molar-refractivity contribution in [2.24, 2.45) is 5.73 Å². The fraction of sp³-hybridized carbons (Fsp3) is 0.533. The third kappa shape index (κ3) is 1.82. The molecule has 4 nitrogen and oxygen atoms in total. The summed E-state index contributed by atoms with van der Waals surface area (Å²) in [5.41, 5.74) is 8.36. The van der Waals surface area contributed by atoms with Crippen LogP contribution < -0.4 is 10.5 Å². The number of benzene rings is 1. The van der Waals surface area contributed by atoms with E-state index in [2.05, 4.69) is 24.5 Å². The number of nitrogens with zero attached hydrogens (tertiary/aromatic N) is 2. The Morgan fingerprint density at radius 2 is 2.11 bits per heavy atom. The maximum absolute atomic E-state index is 6.48. The van der Waals surface area contributed by atoms with Crippen LogP contribution in [0.3, 0.4) is 0 Å². The van der Waals surface area contributed by atoms with E-state index in [1.165, 1.54) is 6.42 Å². The van der Waals surface area contributed by atoms with Crippen LogP contribution in [0, 0.1) is 0 Å². The van der Waals surface area contributed by atoms with Crippen LogP contribution in [-0.2, 0) is 5.54 Å². The van der Waals surface area contributed by atoms with Crippen molar-refractivity contribution in [3.05, 3.63) is 24.0 Å². The molecule has 2 N–H and O–H groups in total. The fourth-order valence-corrected chi connectivity index (χ4v) is 2.86. The molecule has 0 radical (unpaired) electrons. The fourth-order valence-electron chi connectivity index (χ4n) is 2.86. The molecule has 1 aliphatic carbocycles. The lowest BCUT2D eigenvalue weighted by Gasteiger charge is -2.38. The topological polar surface area (TPSA) is 53.1 Å². The van der Waals surface area contributed by atoms with E-state index in [1.54, 1.807) is 7.11 Å². The van der Waals surface area contributed by atoms with Crippen LogP contribution in [-0.4, -0.2) is 16.7 Å². The minimum Gasteiger partial charge on any atom is -0.497 e. The van der Waals surface area contributed by atoms with Gasteiger partial charge in [-0.15, -0.1) is 0 Å². The van der Waals surface area contributed by atoms with Crippen LogP contribution in [0.25, 0.3) is 11.0 Å². The van der Waals surface area contributed by atoms with Crippen molar-refractivity contribution in [3.8, 4) is 5.75 Å². The Morgan fingerprint density at radius 1 is 1.37 bits per heavy atom. The second-order valence-corrected chi connectivity index (χ2v) is 5.76. The van der Waals surface area contributed by atoms with Gasteiger partial charge in [-0.2, -0.15) is 0 Å². The van der Waals surface area contributed by atoms with E-state index in [1.807, 2.05) is 12.1 Å². The van der Waals surface area contributed by atoms with Gasteiger partial charge >= 0.3 is 0 Å². The lowest BCUT2D eigenvalue weighted by Crippen LogP contribution is -2.45. The second kappa shape index (κ2) is 4.23. The van der Waals surface area contributed by atoms with E-state index < -0.39 is 0 Å². The molecule has 0 atom stereocenters. The Bertz CT molecular complexity index is 611. The number of imidazole rings is 1. The van der Waals surface area contributed by atoms with E-state index in [0.29, 0.717) is 6.04 Å². The Morgan fingerprint density at radius 3 is 2.63 bits per heavy atom. The maximum atomic E-state index is 6.48. The number of rotatable bonds is 3. The summed E-state index contributed by atoms with van der Waals surface area (Å²) in [6, 6.07) is 6.40. The van der Waals surface area contributed by atoms with Gasteiger partial charge in [-0.05, 0) is 45.2 Å². The van der Waals surface area contributed by atoms with Crippen LogP contribution in [0.4, 0.5) is 0 Å². The number of aromatic nitrogens is 2. The first kappa shape index (κ1) is 12.5. The first-order valence-corrected chi connectivity index (χ1v) is 6.90. The van der Waals surface area contributed by atoms with Gasteiger partial charge in [-0.25, -0.2) is 4.98 Å². The van der Waals surface area contributed by atoms with Crippen molar-refractivity contribution in [1.82, 2.24) is 9.55 Å². The van der Waals surface area contributed by atoms with Crippen LogP contribution in [0.15, 0.2) is 18.2 Å². The minimum absolute atomic E-state index is 0.240. The first-order valence-electron chi connectivity index (χ1n) is 6.90. The maximum Gasteiger partial charge on any atom is 0.130 e. The summed E-state index contributed by atoms with van der Waals surface area (Å²) in [7, 11) is 1.68. The van der Waals surface area contributed by atoms with Crippen LogP contribution in [0.5, 0.6) is 5.75 Å². The number of ether oxygens (including phenoxy) is 1. The first-order chi connectivity index (χ1) is 9.05. The lowest BCUT2D eigenvalue weighted by molar-refractivity contribution is 0.228. The molecule has 19 heavy (non-hydrogen) atoms. The molecular weight excluding hydrogens is 238 g/mol. The highest BCUT2D eigenvalue weighted by molar-refractivity contribution is 5.78. The molecule has 1 aromatic heterocycles. The van der Waals surface area contributed by atoms with Crippen molar-refractivity contribution in [3.63, 3.8) is 0 Å². The van der Waals surface area contributed by atoms with Gasteiger partial charge in [0.2, 0.25) is 0 Å². The van der Waals surface area contributed by atoms with E-state index >= 15 is 0 Å². The number of methoxy groups -OCH3 is 1. The predicted molar refractivity (Wildman–Crippen MR) is 76.4 cm³/mol. The van der Waals surface area contributed by atoms with Gasteiger partial charge < -0.3 is 15.0 Å². The van der Waals surface area contributed by atoms with Crippen LogP contribution in [0.1, 0.15) is 45.0 Å². The van der Waals surface area contributed by atoms with E-state index in [4.69, 9.17) is 15.5 Å². The summed E-state index contributed by atoms with van der Waals surface area (Å²) in [5, 5.41) is 0. The molecule has 1 aliphatic rings. The Hall–Kier alpha value is -1.55. The van der Waals surface area contributed by atoms with E-state index in [-0.39, 0.29) is 5.54 Å². The summed E-state index contributed by atoms with van der Waals surface area (Å²) < 4.78 is 7.55. The molecule has 1 fully saturated rings. The van der Waals surface area contributed by atoms with Crippen LogP contribution >= 0.6 is 0 Å². The zero-order chi connectivity index (χ0) is 13.6. The number of hydrogen-bond donors (Lipinski definition) is 1. The Labute approximate surface area is 113 Å². The zero-order valence-electron chi connectivity index (χ0n) is 11.8. The van der Waals surface area contributed by atoms with E-state index in [0.717, 1.165) is 35.4 Å². The second-order valence-electron chi connectivity index (χ2n) is 5.76. The number of fused-ring (bicyclic) bond motifs is 1. The number of hydrogen-bond acceptors (Lipinski definition) is 3. The molecule has 0 saturated heterocycles. The molecule has 102 valence electrons. The molecule has 1 heterocycles. The molecule has 3 rings (SSSR count). The monoisotopic (exact) mass is 259 g/mol. The van der Waals surface area contributed by atoms with Gasteiger partial charge in [0.1, 0.15) is 11.6 Å². The average molecular weight is 259 g/mol. The Balaban J connectivity index is 2.23. The standard InChI is InChI=1S/C15H21N3O/c1-10(2)18-13-6-5-11(19-3)9-12(13)17-14(18)15(16)7-4-8-15/h5-6,9-10H,4,7-8,16H2,1-3H3. The zero-order valence-corrected chi connectivity index (χ0v) is 11.8. The molecular formula is C15H21N3O. The third-order valence-electron chi connectivity index (χ3n) is 4.10. The SMILES string of the molecule is COc1ccc2c(c1)nc(C1(N)CCC1)n2C(C)C. The van der Waals surface area contributed by atoms with Crippen molar-refractivity contribution in [2.75, 3.05) is 7.11 Å². The smallest absolute Gasteiger partial charge is 0.130 e. The van der Waals surface area contributed by atoms with Gasteiger partial charge in [0, 0.05) is 12.1 Å². The third-order valence-corrected chi connectivity index (χ3v) is 4.10. The molecule has 0 aliphatic heterocycles. The summed E-state index contributed by atoms with van der Waals surface area (Å²) in [6.07, 6.45) is 3.25. The minimum atomic E-state index is -0.240. The molecule has 2 aromatic rings. The molecule has 1 aromatic carbocycles. The molecule has 4 heteroatoms. The van der Waals surface area contributed by atoms with Crippen molar-refractivity contribution in [2.45, 2.75) is 44.7 Å². The van der Waals surface area contributed by atoms with Crippen molar-refractivity contribution in [1.29, 1.82) is 0 Å². The molecule has 0 spiro atoms. The Kier molecular flexibility index (Phi) is 2.78. The normalized spacial score (nSPS) is 17.7. The molecule has 0 bridgehead atoms. The van der Waals surface area contributed by atoms with Gasteiger partial charge in [-0.1, -0.05) is 0 Å². The average Bonchev–Trinajstić information content (AvgIpc) is 2.74. The van der Waals surface area contributed by atoms with Gasteiger partial charge in [0.15, 0.2) is 0 Å². The molecule has 0 unspecified atom stereocenters. The van der Waals surface area contributed by atoms with Crippen molar-refractivity contribution >= 4 is 11.0 Å². The largest absolute Gasteiger partial charge is 0.497 e.